The summed E-state index contributed by atoms with van der Waals surface area (Å²) in [7, 11) is 0. The molecule has 2 rings (SSSR count). The minimum atomic E-state index is 1.18. The first-order valence-corrected chi connectivity index (χ1v) is 8.33. The molecule has 0 saturated heterocycles. The van der Waals surface area contributed by atoms with Crippen LogP contribution in [-0.2, 0) is 0 Å². The van der Waals surface area contributed by atoms with E-state index in [2.05, 4.69) is 54.5 Å². The van der Waals surface area contributed by atoms with Crippen molar-refractivity contribution < 1.29 is 5.32 Å². The van der Waals surface area contributed by atoms with Crippen molar-refractivity contribution in [3.8, 4) is 0 Å². The Balaban J connectivity index is 1.68. The van der Waals surface area contributed by atoms with Gasteiger partial charge in [-0.1, -0.05) is 26.0 Å². The van der Waals surface area contributed by atoms with Gasteiger partial charge in [0.25, 0.3) is 0 Å². The van der Waals surface area contributed by atoms with Gasteiger partial charge >= 0.3 is 0 Å². The minimum Gasteiger partial charge on any atom is -0.304 e. The fourth-order valence-corrected chi connectivity index (χ4v) is 3.48. The summed E-state index contributed by atoms with van der Waals surface area (Å²) in [5.41, 5.74) is 2.78. The zero-order valence-electron chi connectivity index (χ0n) is 12.1. The lowest BCUT2D eigenvalue weighted by atomic mass is 10.2. The molecular formula is C16H25N2S+. The summed E-state index contributed by atoms with van der Waals surface area (Å²) in [6.07, 6.45) is 4.88. The molecular weight excluding hydrogens is 252 g/mol. The molecule has 0 saturated carbocycles. The highest BCUT2D eigenvalue weighted by atomic mass is 32.2. The number of nitrogens with zero attached hydrogens (tertiary/aromatic N) is 1. The topological polar surface area (TPSA) is 19.9 Å². The molecule has 104 valence electrons. The fraction of sp³-hybridized carbons (Fsp3) is 0.500. The lowest BCUT2D eigenvalue weighted by Gasteiger charge is -2.17. The third-order valence-electron chi connectivity index (χ3n) is 3.66. The van der Waals surface area contributed by atoms with Crippen LogP contribution in [0.3, 0.4) is 0 Å². The van der Waals surface area contributed by atoms with E-state index in [4.69, 9.17) is 0 Å². The molecule has 1 aromatic rings. The van der Waals surface area contributed by atoms with E-state index >= 15 is 0 Å². The zero-order valence-corrected chi connectivity index (χ0v) is 12.9. The van der Waals surface area contributed by atoms with E-state index in [1.807, 2.05) is 11.8 Å². The summed E-state index contributed by atoms with van der Waals surface area (Å²) in [5, 5.41) is 2.23. The smallest absolute Gasteiger partial charge is 0.142 e. The molecule has 19 heavy (non-hydrogen) atoms. The average molecular weight is 277 g/mol. The number of unbranched alkanes of at least 4 members (excludes halogenated alkanes) is 1. The van der Waals surface area contributed by atoms with Crippen molar-refractivity contribution in [1.82, 2.24) is 4.90 Å². The molecule has 0 spiro atoms. The van der Waals surface area contributed by atoms with Crippen molar-refractivity contribution in [3.63, 3.8) is 0 Å². The molecule has 0 atom stereocenters. The number of para-hydroxylation sites is 1. The second-order valence-corrected chi connectivity index (χ2v) is 6.00. The van der Waals surface area contributed by atoms with Crippen LogP contribution in [0.2, 0.25) is 0 Å². The lowest BCUT2D eigenvalue weighted by Crippen LogP contribution is -2.69. The largest absolute Gasteiger partial charge is 0.304 e. The number of quaternary nitrogens is 1. The monoisotopic (exact) mass is 277 g/mol. The van der Waals surface area contributed by atoms with Crippen LogP contribution < -0.4 is 5.32 Å². The Morgan fingerprint density at radius 1 is 1.11 bits per heavy atom. The number of benzene rings is 1. The highest BCUT2D eigenvalue weighted by Crippen LogP contribution is 2.33. The highest BCUT2D eigenvalue weighted by molar-refractivity contribution is 8.08. The van der Waals surface area contributed by atoms with Gasteiger partial charge in [-0.15, -0.1) is 11.8 Å². The Morgan fingerprint density at radius 3 is 2.68 bits per heavy atom. The van der Waals surface area contributed by atoms with E-state index in [1.165, 1.54) is 54.4 Å². The quantitative estimate of drug-likeness (QED) is 0.582. The van der Waals surface area contributed by atoms with Crippen LogP contribution >= 0.6 is 11.8 Å². The second kappa shape index (κ2) is 7.73. The van der Waals surface area contributed by atoms with Gasteiger partial charge in [0, 0.05) is 6.07 Å². The van der Waals surface area contributed by atoms with Gasteiger partial charge in [-0.3, -0.25) is 5.32 Å². The molecule has 2 N–H and O–H groups in total. The van der Waals surface area contributed by atoms with Gasteiger partial charge in [0.15, 0.2) is 0 Å². The minimum absolute atomic E-state index is 1.18. The molecule has 1 aromatic carbocycles. The third kappa shape index (κ3) is 4.10. The summed E-state index contributed by atoms with van der Waals surface area (Å²) < 4.78 is 0. The molecule has 1 aliphatic heterocycles. The van der Waals surface area contributed by atoms with Gasteiger partial charge in [0.05, 0.1) is 10.5 Å². The molecule has 0 amide bonds. The zero-order chi connectivity index (χ0) is 13.5. The van der Waals surface area contributed by atoms with Gasteiger partial charge in [0.1, 0.15) is 11.9 Å². The lowest BCUT2D eigenvalue weighted by molar-refractivity contribution is -0.491. The summed E-state index contributed by atoms with van der Waals surface area (Å²) in [6.45, 7) is 8.09. The highest BCUT2D eigenvalue weighted by Gasteiger charge is 2.17. The molecule has 0 radical (unpaired) electrons. The van der Waals surface area contributed by atoms with Gasteiger partial charge in [0.2, 0.25) is 0 Å². The maximum absolute atomic E-state index is 2.50. The Labute approximate surface area is 121 Å². The van der Waals surface area contributed by atoms with Crippen LogP contribution in [0.15, 0.2) is 30.5 Å². The van der Waals surface area contributed by atoms with Crippen LogP contribution in [0.1, 0.15) is 32.3 Å². The Hall–Kier alpha value is -0.770. The van der Waals surface area contributed by atoms with E-state index in [0.717, 1.165) is 0 Å². The van der Waals surface area contributed by atoms with Crippen molar-refractivity contribution in [2.75, 3.05) is 25.4 Å². The molecule has 2 nitrogen and oxygen atoms in total. The molecule has 0 aliphatic carbocycles. The van der Waals surface area contributed by atoms with Gasteiger partial charge < -0.3 is 4.90 Å². The van der Waals surface area contributed by atoms with Gasteiger partial charge in [-0.2, -0.15) is 0 Å². The number of hydrogen-bond acceptors (Lipinski definition) is 2. The van der Waals surface area contributed by atoms with Crippen molar-refractivity contribution in [2.45, 2.75) is 26.7 Å². The van der Waals surface area contributed by atoms with Gasteiger partial charge in [-0.05, 0) is 44.3 Å². The number of thioether (sulfide) groups is 1. The molecule has 0 fully saturated rings. The van der Waals surface area contributed by atoms with E-state index in [9.17, 15) is 0 Å². The van der Waals surface area contributed by atoms with E-state index in [1.54, 1.807) is 0 Å². The van der Waals surface area contributed by atoms with Crippen LogP contribution in [0.5, 0.6) is 0 Å². The van der Waals surface area contributed by atoms with Crippen LogP contribution in [0, 0.1) is 0 Å². The normalized spacial score (nSPS) is 13.7. The molecule has 1 heterocycles. The van der Waals surface area contributed by atoms with E-state index in [-0.39, 0.29) is 0 Å². The van der Waals surface area contributed by atoms with Gasteiger partial charge in [-0.25, -0.2) is 0 Å². The van der Waals surface area contributed by atoms with Crippen molar-refractivity contribution in [2.24, 2.45) is 0 Å². The Morgan fingerprint density at radius 2 is 1.89 bits per heavy atom. The summed E-state index contributed by atoms with van der Waals surface area (Å²) in [5.74, 6) is 1.23. The van der Waals surface area contributed by atoms with Crippen LogP contribution in [-0.4, -0.2) is 30.3 Å². The Bertz CT molecular complexity index is 425. The SMILES string of the molecule is CCN(CC)CCCCSC1=C[NH2+]c2ccccc21. The van der Waals surface area contributed by atoms with E-state index < -0.39 is 0 Å². The first-order chi connectivity index (χ1) is 9.35. The number of fused-ring (bicyclic) bond motifs is 1. The standard InChI is InChI=1S/C16H24N2S/c1-3-18(4-2)11-7-8-12-19-16-13-17-15-10-6-5-9-14(15)16/h5-6,9-10,13,17H,3-4,7-8,11-12H2,1-2H3/p+1. The summed E-state index contributed by atoms with van der Waals surface area (Å²) >= 11 is 2.00. The fourth-order valence-electron chi connectivity index (χ4n) is 2.41. The predicted octanol–water partition coefficient (Wildman–Crippen LogP) is 3.05. The molecule has 3 heteroatoms. The molecule has 0 aromatic heterocycles. The summed E-state index contributed by atoms with van der Waals surface area (Å²) in [4.78, 5) is 3.95. The molecule has 1 aliphatic rings. The number of nitrogens with two attached hydrogens (primary N) is 1. The first-order valence-electron chi connectivity index (χ1n) is 7.34. The number of hydrogen-bond donors (Lipinski definition) is 1. The maximum Gasteiger partial charge on any atom is 0.142 e. The first kappa shape index (κ1) is 14.6. The van der Waals surface area contributed by atoms with Crippen LogP contribution in [0.4, 0.5) is 5.69 Å². The molecule has 0 bridgehead atoms. The Kier molecular flexibility index (Phi) is 5.95. The van der Waals surface area contributed by atoms with E-state index in [0.29, 0.717) is 0 Å². The van der Waals surface area contributed by atoms with Crippen molar-refractivity contribution in [1.29, 1.82) is 0 Å². The van der Waals surface area contributed by atoms with Crippen molar-refractivity contribution >= 4 is 22.4 Å². The average Bonchev–Trinajstić information content (AvgIpc) is 2.86. The third-order valence-corrected chi connectivity index (χ3v) is 4.82. The predicted molar refractivity (Wildman–Crippen MR) is 85.5 cm³/mol. The van der Waals surface area contributed by atoms with Crippen molar-refractivity contribution in [3.05, 3.63) is 36.0 Å². The maximum atomic E-state index is 2.50. The molecule has 0 unspecified atom stereocenters. The second-order valence-electron chi connectivity index (χ2n) is 4.87. The van der Waals surface area contributed by atoms with Crippen LogP contribution in [0.25, 0.3) is 4.91 Å². The summed E-state index contributed by atoms with van der Waals surface area (Å²) in [6, 6.07) is 8.67. The number of rotatable bonds is 8.